The minimum atomic E-state index is 0.324. The number of rotatable bonds is 5. The largest absolute Gasteiger partial charge is 0.496 e. The lowest BCUT2D eigenvalue weighted by atomic mass is 9.89. The van der Waals surface area contributed by atoms with Crippen LogP contribution >= 0.6 is 0 Å². The van der Waals surface area contributed by atoms with Gasteiger partial charge in [-0.3, -0.25) is 0 Å². The molecule has 0 unspecified atom stereocenters. The van der Waals surface area contributed by atoms with Crippen molar-refractivity contribution in [1.29, 1.82) is 0 Å². The molecule has 1 fully saturated rings. The summed E-state index contributed by atoms with van der Waals surface area (Å²) < 4.78 is 5.50. The number of ether oxygens (including phenoxy) is 1. The third-order valence-electron chi connectivity index (χ3n) is 5.36. The smallest absolute Gasteiger partial charge is 0.123 e. The molecule has 1 aliphatic rings. The molecule has 134 valence electrons. The molecule has 0 aliphatic carbocycles. The number of hydrogen-bond acceptors (Lipinski definition) is 3. The maximum Gasteiger partial charge on any atom is 0.123 e. The summed E-state index contributed by atoms with van der Waals surface area (Å²) in [5.74, 6) is 0.950. The van der Waals surface area contributed by atoms with Crippen LogP contribution in [-0.4, -0.2) is 19.7 Å². The van der Waals surface area contributed by atoms with Crippen LogP contribution < -0.4 is 15.4 Å². The van der Waals surface area contributed by atoms with Crippen LogP contribution in [0.1, 0.15) is 30.0 Å². The minimum absolute atomic E-state index is 0.324. The Balaban J connectivity index is 1.58. The van der Waals surface area contributed by atoms with E-state index in [2.05, 4.69) is 65.2 Å². The molecule has 2 N–H and O–H groups in total. The van der Waals surface area contributed by atoms with E-state index in [9.17, 15) is 0 Å². The van der Waals surface area contributed by atoms with Gasteiger partial charge in [0.05, 0.1) is 7.11 Å². The molecule has 0 amide bonds. The number of para-hydroxylation sites is 1. The summed E-state index contributed by atoms with van der Waals surface area (Å²) in [6.45, 7) is 1.89. The molecule has 3 heteroatoms. The Hall–Kier alpha value is -2.36. The number of methoxy groups -OCH3 is 1. The second kappa shape index (κ2) is 7.90. The quantitative estimate of drug-likeness (QED) is 0.717. The van der Waals surface area contributed by atoms with Crippen molar-refractivity contribution in [3.8, 4) is 5.75 Å². The number of benzene rings is 3. The first kappa shape index (κ1) is 17.1. The normalized spacial score (nSPS) is 20.2. The van der Waals surface area contributed by atoms with Gasteiger partial charge in [-0.25, -0.2) is 0 Å². The van der Waals surface area contributed by atoms with Crippen LogP contribution in [0.4, 0.5) is 0 Å². The van der Waals surface area contributed by atoms with Gasteiger partial charge in [0, 0.05) is 24.2 Å². The van der Waals surface area contributed by atoms with Gasteiger partial charge in [-0.05, 0) is 41.8 Å². The lowest BCUT2D eigenvalue weighted by Crippen LogP contribution is -2.45. The molecular formula is C23H26N2O. The van der Waals surface area contributed by atoms with Crippen molar-refractivity contribution in [2.24, 2.45) is 0 Å². The topological polar surface area (TPSA) is 33.3 Å². The van der Waals surface area contributed by atoms with Crippen LogP contribution in [0.5, 0.6) is 5.75 Å². The first-order valence-electron chi connectivity index (χ1n) is 9.43. The molecule has 3 aromatic rings. The molecule has 2 atom stereocenters. The SMILES string of the molecule is COc1ccccc1CN[C@H]1CCCN[C@H]1c1cccc2ccccc12. The van der Waals surface area contributed by atoms with E-state index in [1.807, 2.05) is 12.1 Å². The predicted molar refractivity (Wildman–Crippen MR) is 108 cm³/mol. The van der Waals surface area contributed by atoms with Crippen LogP contribution in [-0.2, 0) is 6.54 Å². The zero-order chi connectivity index (χ0) is 17.8. The van der Waals surface area contributed by atoms with E-state index in [4.69, 9.17) is 4.74 Å². The summed E-state index contributed by atoms with van der Waals surface area (Å²) >= 11 is 0. The van der Waals surface area contributed by atoms with Crippen LogP contribution in [0.3, 0.4) is 0 Å². The Bertz CT molecular complexity index is 871. The standard InChI is InChI=1S/C23H26N2O/c1-26-22-14-5-3-9-18(22)16-25-21-13-7-15-24-23(21)20-12-6-10-17-8-2-4-11-19(17)20/h2-6,8-12,14,21,23-25H,7,13,15-16H2,1H3/t21-,23-/m0/s1. The van der Waals surface area contributed by atoms with Crippen molar-refractivity contribution in [3.05, 3.63) is 77.9 Å². The van der Waals surface area contributed by atoms with E-state index in [0.717, 1.165) is 18.8 Å². The van der Waals surface area contributed by atoms with Gasteiger partial charge in [-0.1, -0.05) is 60.7 Å². The molecule has 0 aromatic heterocycles. The molecule has 1 heterocycles. The van der Waals surface area contributed by atoms with Gasteiger partial charge in [0.15, 0.2) is 0 Å². The fraction of sp³-hybridized carbons (Fsp3) is 0.304. The fourth-order valence-corrected chi connectivity index (χ4v) is 4.05. The van der Waals surface area contributed by atoms with E-state index in [0.29, 0.717) is 12.1 Å². The molecule has 0 radical (unpaired) electrons. The van der Waals surface area contributed by atoms with E-state index in [-0.39, 0.29) is 0 Å². The monoisotopic (exact) mass is 346 g/mol. The average Bonchev–Trinajstić information content (AvgIpc) is 2.72. The molecule has 3 aromatic carbocycles. The second-order valence-corrected chi connectivity index (χ2v) is 6.94. The molecule has 0 saturated carbocycles. The Morgan fingerprint density at radius 3 is 2.73 bits per heavy atom. The predicted octanol–water partition coefficient (Wildman–Crippen LogP) is 4.43. The summed E-state index contributed by atoms with van der Waals surface area (Å²) in [5.41, 5.74) is 2.59. The molecule has 4 rings (SSSR count). The van der Waals surface area contributed by atoms with Crippen molar-refractivity contribution >= 4 is 10.8 Å². The van der Waals surface area contributed by atoms with Crippen molar-refractivity contribution in [2.75, 3.05) is 13.7 Å². The zero-order valence-corrected chi connectivity index (χ0v) is 15.2. The van der Waals surface area contributed by atoms with Gasteiger partial charge in [0.1, 0.15) is 5.75 Å². The maximum absolute atomic E-state index is 5.50. The van der Waals surface area contributed by atoms with Crippen molar-refractivity contribution in [1.82, 2.24) is 10.6 Å². The summed E-state index contributed by atoms with van der Waals surface area (Å²) in [5, 5.41) is 10.2. The Labute approximate surface area is 155 Å². The molecule has 1 aliphatic heterocycles. The van der Waals surface area contributed by atoms with E-state index < -0.39 is 0 Å². The highest BCUT2D eigenvalue weighted by molar-refractivity contribution is 5.86. The third-order valence-corrected chi connectivity index (χ3v) is 5.36. The number of fused-ring (bicyclic) bond motifs is 1. The van der Waals surface area contributed by atoms with Crippen LogP contribution in [0.15, 0.2) is 66.7 Å². The van der Waals surface area contributed by atoms with Crippen LogP contribution in [0.25, 0.3) is 10.8 Å². The van der Waals surface area contributed by atoms with Gasteiger partial charge in [0.25, 0.3) is 0 Å². The second-order valence-electron chi connectivity index (χ2n) is 6.94. The van der Waals surface area contributed by atoms with E-state index in [1.165, 1.54) is 34.7 Å². The van der Waals surface area contributed by atoms with Gasteiger partial charge >= 0.3 is 0 Å². The lowest BCUT2D eigenvalue weighted by Gasteiger charge is -2.34. The summed E-state index contributed by atoms with van der Waals surface area (Å²) in [4.78, 5) is 0. The molecule has 1 saturated heterocycles. The van der Waals surface area contributed by atoms with Crippen molar-refractivity contribution in [3.63, 3.8) is 0 Å². The maximum atomic E-state index is 5.50. The van der Waals surface area contributed by atoms with Crippen LogP contribution in [0, 0.1) is 0 Å². The number of nitrogens with one attached hydrogen (secondary N) is 2. The Morgan fingerprint density at radius 2 is 1.81 bits per heavy atom. The van der Waals surface area contributed by atoms with Gasteiger partial charge in [-0.2, -0.15) is 0 Å². The molecule has 26 heavy (non-hydrogen) atoms. The zero-order valence-electron chi connectivity index (χ0n) is 15.2. The molecular weight excluding hydrogens is 320 g/mol. The fourth-order valence-electron chi connectivity index (χ4n) is 4.05. The first-order valence-corrected chi connectivity index (χ1v) is 9.43. The highest BCUT2D eigenvalue weighted by Crippen LogP contribution is 2.30. The summed E-state index contributed by atoms with van der Waals surface area (Å²) in [6.07, 6.45) is 2.38. The molecule has 0 bridgehead atoms. The summed E-state index contributed by atoms with van der Waals surface area (Å²) in [6, 6.07) is 24.3. The van der Waals surface area contributed by atoms with Gasteiger partial charge in [-0.15, -0.1) is 0 Å². The number of piperidine rings is 1. The van der Waals surface area contributed by atoms with Crippen molar-refractivity contribution < 1.29 is 4.74 Å². The summed E-state index contributed by atoms with van der Waals surface area (Å²) in [7, 11) is 1.74. The Kier molecular flexibility index (Phi) is 5.19. The Morgan fingerprint density at radius 1 is 1.00 bits per heavy atom. The van der Waals surface area contributed by atoms with E-state index in [1.54, 1.807) is 7.11 Å². The molecule has 0 spiro atoms. The van der Waals surface area contributed by atoms with E-state index >= 15 is 0 Å². The van der Waals surface area contributed by atoms with Gasteiger partial charge in [0.2, 0.25) is 0 Å². The third kappa shape index (κ3) is 3.46. The van der Waals surface area contributed by atoms with Gasteiger partial charge < -0.3 is 15.4 Å². The lowest BCUT2D eigenvalue weighted by molar-refractivity contribution is 0.304. The first-order chi connectivity index (χ1) is 12.9. The highest BCUT2D eigenvalue weighted by Gasteiger charge is 2.27. The highest BCUT2D eigenvalue weighted by atomic mass is 16.5. The number of hydrogen-bond donors (Lipinski definition) is 2. The van der Waals surface area contributed by atoms with Crippen molar-refractivity contribution in [2.45, 2.75) is 31.5 Å². The van der Waals surface area contributed by atoms with Crippen LogP contribution in [0.2, 0.25) is 0 Å². The molecule has 3 nitrogen and oxygen atoms in total. The average molecular weight is 346 g/mol. The minimum Gasteiger partial charge on any atom is -0.496 e.